The Kier molecular flexibility index (Phi) is 9.24. The van der Waals surface area contributed by atoms with Crippen molar-refractivity contribution in [3.63, 3.8) is 0 Å². The predicted molar refractivity (Wildman–Crippen MR) is 241 cm³/mol. The number of hydrogen-bond acceptors (Lipinski definition) is 2. The third-order valence-corrected chi connectivity index (χ3v) is 10.9. The Morgan fingerprint density at radius 3 is 1.29 bits per heavy atom. The number of nitrogens with zero attached hydrogens (tertiary/aromatic N) is 3. The fourth-order valence-corrected chi connectivity index (χ4v) is 8.11. The Balaban J connectivity index is 1.18. The number of fused-ring (bicyclic) bond motifs is 3. The van der Waals surface area contributed by atoms with Gasteiger partial charge in [-0.2, -0.15) is 0 Å². The number of aromatic nitrogens is 1. The molecule has 0 saturated carbocycles. The van der Waals surface area contributed by atoms with Gasteiger partial charge in [0.2, 0.25) is 0 Å². The van der Waals surface area contributed by atoms with Crippen LogP contribution in [0.15, 0.2) is 224 Å². The Labute approximate surface area is 341 Å². The zero-order chi connectivity index (χ0) is 39.7. The normalized spacial score (nSPS) is 11.2. The van der Waals surface area contributed by atoms with Crippen molar-refractivity contribution >= 4 is 55.9 Å². The molecule has 10 rings (SSSR count). The van der Waals surface area contributed by atoms with Crippen molar-refractivity contribution in [1.29, 1.82) is 0 Å². The van der Waals surface area contributed by atoms with E-state index in [0.717, 1.165) is 72.7 Å². The highest BCUT2D eigenvalue weighted by Crippen LogP contribution is 2.44. The van der Waals surface area contributed by atoms with Crippen LogP contribution in [0.5, 0.6) is 0 Å². The van der Waals surface area contributed by atoms with Gasteiger partial charge >= 0.3 is 0 Å². The SMILES string of the molecule is Fc1ccc(N(c2ccccc2)c2cc(-c3ccc4c(c3)c3ccccc3n4-c3ccc(-c4ccccc4)cc3)cc(N(c3ccccc3)c3ccc(F)cc3)c2)cc1. The van der Waals surface area contributed by atoms with Gasteiger partial charge in [0.05, 0.1) is 11.0 Å². The van der Waals surface area contributed by atoms with Crippen molar-refractivity contribution in [2.75, 3.05) is 9.80 Å². The summed E-state index contributed by atoms with van der Waals surface area (Å²) in [5.41, 5.74) is 12.9. The summed E-state index contributed by atoms with van der Waals surface area (Å²) in [4.78, 5) is 4.29. The molecule has 282 valence electrons. The fourth-order valence-electron chi connectivity index (χ4n) is 8.11. The molecule has 1 aromatic heterocycles. The smallest absolute Gasteiger partial charge is 0.123 e. The molecule has 0 aliphatic heterocycles. The Morgan fingerprint density at radius 1 is 0.288 bits per heavy atom. The van der Waals surface area contributed by atoms with E-state index in [0.29, 0.717) is 0 Å². The molecule has 0 saturated heterocycles. The Hall–Kier alpha value is -7.76. The number of para-hydroxylation sites is 3. The third kappa shape index (κ3) is 6.89. The molecule has 0 unspecified atom stereocenters. The van der Waals surface area contributed by atoms with E-state index in [2.05, 4.69) is 148 Å². The molecule has 1 heterocycles. The zero-order valence-corrected chi connectivity index (χ0v) is 32.0. The van der Waals surface area contributed by atoms with Gasteiger partial charge < -0.3 is 14.4 Å². The molecule has 0 amide bonds. The van der Waals surface area contributed by atoms with E-state index in [1.807, 2.05) is 42.5 Å². The minimum absolute atomic E-state index is 0.303. The van der Waals surface area contributed by atoms with Crippen LogP contribution in [-0.2, 0) is 0 Å². The van der Waals surface area contributed by atoms with Crippen molar-refractivity contribution < 1.29 is 8.78 Å². The molecule has 59 heavy (non-hydrogen) atoms. The van der Waals surface area contributed by atoms with Crippen molar-refractivity contribution in [2.24, 2.45) is 0 Å². The topological polar surface area (TPSA) is 11.4 Å². The molecule has 0 aliphatic rings. The van der Waals surface area contributed by atoms with Gasteiger partial charge in [-0.05, 0) is 144 Å². The van der Waals surface area contributed by atoms with Crippen LogP contribution in [0.2, 0.25) is 0 Å². The van der Waals surface area contributed by atoms with E-state index in [1.165, 1.54) is 35.4 Å². The van der Waals surface area contributed by atoms with Gasteiger partial charge in [0.25, 0.3) is 0 Å². The van der Waals surface area contributed by atoms with Crippen molar-refractivity contribution in [3.8, 4) is 27.9 Å². The van der Waals surface area contributed by atoms with E-state index in [1.54, 1.807) is 24.3 Å². The molecular formula is C54H37F2N3. The van der Waals surface area contributed by atoms with E-state index in [9.17, 15) is 8.78 Å². The van der Waals surface area contributed by atoms with E-state index in [-0.39, 0.29) is 11.6 Å². The van der Waals surface area contributed by atoms with Crippen molar-refractivity contribution in [2.45, 2.75) is 0 Å². The second-order valence-electron chi connectivity index (χ2n) is 14.5. The molecule has 10 aromatic rings. The van der Waals surface area contributed by atoms with E-state index < -0.39 is 0 Å². The van der Waals surface area contributed by atoms with Crippen LogP contribution in [0.3, 0.4) is 0 Å². The minimum Gasteiger partial charge on any atom is -0.310 e. The monoisotopic (exact) mass is 765 g/mol. The summed E-state index contributed by atoms with van der Waals surface area (Å²) >= 11 is 0. The summed E-state index contributed by atoms with van der Waals surface area (Å²) in [5.74, 6) is -0.607. The maximum absolute atomic E-state index is 14.4. The first kappa shape index (κ1) is 35.6. The molecule has 0 radical (unpaired) electrons. The lowest BCUT2D eigenvalue weighted by Gasteiger charge is -2.30. The fraction of sp³-hybridized carbons (Fsp3) is 0. The van der Waals surface area contributed by atoms with Crippen LogP contribution in [0.1, 0.15) is 0 Å². The Morgan fingerprint density at radius 2 is 0.729 bits per heavy atom. The predicted octanol–water partition coefficient (Wildman–Crippen LogP) is 15.3. The largest absolute Gasteiger partial charge is 0.310 e. The lowest BCUT2D eigenvalue weighted by Crippen LogP contribution is -2.13. The second-order valence-corrected chi connectivity index (χ2v) is 14.5. The standard InChI is InChI=1S/C54H37F2N3/c55-42-23-29-46(30-24-42)57(44-14-6-2-7-15-44)49-34-41(35-50(37-49)58(45-16-8-3-9-17-45)47-31-25-43(56)26-32-47)40-22-33-54-52(36-40)51-18-10-11-19-53(51)59(54)48-27-20-39(21-28-48)38-12-4-1-5-13-38/h1-37H. The second kappa shape index (κ2) is 15.3. The first-order valence-electron chi connectivity index (χ1n) is 19.6. The lowest BCUT2D eigenvalue weighted by molar-refractivity contribution is 0.627. The van der Waals surface area contributed by atoms with Gasteiger partial charge in [0.15, 0.2) is 0 Å². The van der Waals surface area contributed by atoms with Gasteiger partial charge in [0.1, 0.15) is 11.6 Å². The molecule has 5 heteroatoms. The van der Waals surface area contributed by atoms with Crippen molar-refractivity contribution in [3.05, 3.63) is 236 Å². The highest BCUT2D eigenvalue weighted by molar-refractivity contribution is 6.10. The first-order valence-corrected chi connectivity index (χ1v) is 19.6. The number of benzene rings is 9. The number of halogens is 2. The number of hydrogen-bond donors (Lipinski definition) is 0. The summed E-state index contributed by atoms with van der Waals surface area (Å²) < 4.78 is 31.1. The minimum atomic E-state index is -0.303. The van der Waals surface area contributed by atoms with Gasteiger partial charge in [-0.3, -0.25) is 0 Å². The maximum atomic E-state index is 14.4. The molecular weight excluding hydrogens is 729 g/mol. The van der Waals surface area contributed by atoms with E-state index >= 15 is 0 Å². The molecule has 0 spiro atoms. The van der Waals surface area contributed by atoms with E-state index in [4.69, 9.17) is 0 Å². The molecule has 0 atom stereocenters. The van der Waals surface area contributed by atoms with Gasteiger partial charge in [-0.25, -0.2) is 8.78 Å². The Bertz CT molecular complexity index is 2930. The molecule has 0 N–H and O–H groups in total. The summed E-state index contributed by atoms with van der Waals surface area (Å²) in [5, 5.41) is 2.29. The summed E-state index contributed by atoms with van der Waals surface area (Å²) in [6.45, 7) is 0. The van der Waals surface area contributed by atoms with Gasteiger partial charge in [-0.1, -0.05) is 103 Å². The highest BCUT2D eigenvalue weighted by atomic mass is 19.1. The van der Waals surface area contributed by atoms with Crippen LogP contribution in [0.25, 0.3) is 49.7 Å². The maximum Gasteiger partial charge on any atom is 0.123 e. The van der Waals surface area contributed by atoms with Crippen LogP contribution < -0.4 is 9.80 Å². The van der Waals surface area contributed by atoms with Crippen LogP contribution >= 0.6 is 0 Å². The quantitative estimate of drug-likeness (QED) is 0.145. The van der Waals surface area contributed by atoms with Gasteiger partial charge in [-0.15, -0.1) is 0 Å². The molecule has 0 bridgehead atoms. The zero-order valence-electron chi connectivity index (χ0n) is 32.0. The molecule has 0 aliphatic carbocycles. The number of anilines is 6. The molecule has 0 fully saturated rings. The van der Waals surface area contributed by atoms with Crippen LogP contribution in [-0.4, -0.2) is 4.57 Å². The molecule has 9 aromatic carbocycles. The average Bonchev–Trinajstić information content (AvgIpc) is 3.63. The summed E-state index contributed by atoms with van der Waals surface area (Å²) in [6.07, 6.45) is 0. The van der Waals surface area contributed by atoms with Crippen LogP contribution in [0, 0.1) is 11.6 Å². The lowest BCUT2D eigenvalue weighted by atomic mass is 10.00. The highest BCUT2D eigenvalue weighted by Gasteiger charge is 2.21. The molecule has 3 nitrogen and oxygen atoms in total. The average molecular weight is 766 g/mol. The van der Waals surface area contributed by atoms with Gasteiger partial charge in [0, 0.05) is 50.6 Å². The number of rotatable bonds is 9. The first-order chi connectivity index (χ1) is 29.1. The summed E-state index contributed by atoms with van der Waals surface area (Å²) in [7, 11) is 0. The third-order valence-electron chi connectivity index (χ3n) is 10.9. The van der Waals surface area contributed by atoms with Crippen LogP contribution in [0.4, 0.5) is 42.9 Å². The van der Waals surface area contributed by atoms with Crippen molar-refractivity contribution in [1.82, 2.24) is 4.57 Å². The summed E-state index contributed by atoms with van der Waals surface area (Å²) in [6, 6.07) is 74.3.